The molecule has 2 heterocycles. The number of ether oxygens (including phenoxy) is 1. The molecular formula is C18H24FN3O3. The summed E-state index contributed by atoms with van der Waals surface area (Å²) in [6, 6.07) is 5.51. The second-order valence-electron chi connectivity index (χ2n) is 6.54. The van der Waals surface area contributed by atoms with Crippen molar-refractivity contribution >= 4 is 17.5 Å². The number of hydrogen-bond acceptors (Lipinski definition) is 4. The Morgan fingerprint density at radius 3 is 2.68 bits per heavy atom. The van der Waals surface area contributed by atoms with E-state index < -0.39 is 0 Å². The van der Waals surface area contributed by atoms with Gasteiger partial charge in [-0.2, -0.15) is 0 Å². The lowest BCUT2D eigenvalue weighted by atomic mass is 10.1. The van der Waals surface area contributed by atoms with Gasteiger partial charge in [-0.1, -0.05) is 6.07 Å². The van der Waals surface area contributed by atoms with E-state index in [1.165, 1.54) is 12.1 Å². The Balaban J connectivity index is 1.49. The summed E-state index contributed by atoms with van der Waals surface area (Å²) in [4.78, 5) is 28.6. The molecule has 0 spiro atoms. The molecule has 0 saturated carbocycles. The summed E-state index contributed by atoms with van der Waals surface area (Å²) in [7, 11) is 0. The van der Waals surface area contributed by atoms with Crippen LogP contribution in [0.5, 0.6) is 0 Å². The maximum Gasteiger partial charge on any atom is 0.251 e. The Bertz CT molecular complexity index is 626. The van der Waals surface area contributed by atoms with Gasteiger partial charge in [-0.15, -0.1) is 0 Å². The van der Waals surface area contributed by atoms with Crippen LogP contribution in [-0.4, -0.2) is 66.5 Å². The van der Waals surface area contributed by atoms with Crippen LogP contribution in [0.3, 0.4) is 0 Å². The number of benzene rings is 1. The van der Waals surface area contributed by atoms with Crippen molar-refractivity contribution in [3.8, 4) is 0 Å². The molecular weight excluding hydrogens is 325 g/mol. The van der Waals surface area contributed by atoms with Crippen molar-refractivity contribution in [2.75, 3.05) is 38.1 Å². The maximum atomic E-state index is 13.2. The van der Waals surface area contributed by atoms with Gasteiger partial charge in [-0.3, -0.25) is 14.5 Å². The van der Waals surface area contributed by atoms with Crippen LogP contribution in [0.25, 0.3) is 0 Å². The predicted molar refractivity (Wildman–Crippen MR) is 91.6 cm³/mol. The monoisotopic (exact) mass is 349 g/mol. The Morgan fingerprint density at radius 2 is 2.04 bits per heavy atom. The highest BCUT2D eigenvalue weighted by Crippen LogP contribution is 2.17. The summed E-state index contributed by atoms with van der Waals surface area (Å²) in [5.74, 6) is -0.495. The molecule has 7 heteroatoms. The number of amides is 2. The van der Waals surface area contributed by atoms with Crippen molar-refractivity contribution in [2.24, 2.45) is 0 Å². The fourth-order valence-corrected chi connectivity index (χ4v) is 3.28. The van der Waals surface area contributed by atoms with Gasteiger partial charge >= 0.3 is 0 Å². The first-order valence-electron chi connectivity index (χ1n) is 8.75. The minimum absolute atomic E-state index is 0.0639. The van der Waals surface area contributed by atoms with Crippen LogP contribution < -0.4 is 5.32 Å². The number of hydrogen-bond donors (Lipinski definition) is 1. The van der Waals surface area contributed by atoms with Gasteiger partial charge in [0.25, 0.3) is 5.91 Å². The van der Waals surface area contributed by atoms with Crippen molar-refractivity contribution in [3.05, 3.63) is 30.1 Å². The smallest absolute Gasteiger partial charge is 0.251 e. The standard InChI is InChI=1S/C18H24FN3O3/c1-13(17(23)20-15-5-2-4-14(19)12-15)21-7-9-22(10-8-21)18(24)16-6-3-11-25-16/h2,4-5,12-13,16H,3,6-11H2,1H3,(H,20,23)/t13-,16+/m0/s1. The number of halogens is 1. The van der Waals surface area contributed by atoms with Crippen molar-refractivity contribution in [2.45, 2.75) is 31.9 Å². The van der Waals surface area contributed by atoms with Crippen LogP contribution in [0.2, 0.25) is 0 Å². The highest BCUT2D eigenvalue weighted by Gasteiger charge is 2.32. The maximum absolute atomic E-state index is 13.2. The van der Waals surface area contributed by atoms with Crippen LogP contribution in [0, 0.1) is 5.82 Å². The van der Waals surface area contributed by atoms with E-state index >= 15 is 0 Å². The van der Waals surface area contributed by atoms with Crippen LogP contribution >= 0.6 is 0 Å². The van der Waals surface area contributed by atoms with Gasteiger partial charge in [-0.05, 0) is 38.0 Å². The zero-order chi connectivity index (χ0) is 17.8. The van der Waals surface area contributed by atoms with Crippen molar-refractivity contribution in [1.29, 1.82) is 0 Å². The summed E-state index contributed by atoms with van der Waals surface area (Å²) in [6.07, 6.45) is 1.44. The van der Waals surface area contributed by atoms with Gasteiger partial charge in [0.05, 0.1) is 6.04 Å². The lowest BCUT2D eigenvalue weighted by molar-refractivity contribution is -0.143. The Morgan fingerprint density at radius 1 is 1.28 bits per heavy atom. The largest absolute Gasteiger partial charge is 0.368 e. The molecule has 0 bridgehead atoms. The fourth-order valence-electron chi connectivity index (χ4n) is 3.28. The summed E-state index contributed by atoms with van der Waals surface area (Å²) < 4.78 is 18.7. The van der Waals surface area contributed by atoms with Gasteiger partial charge in [-0.25, -0.2) is 4.39 Å². The summed E-state index contributed by atoms with van der Waals surface area (Å²) >= 11 is 0. The Hall–Kier alpha value is -1.99. The van der Waals surface area contributed by atoms with Crippen molar-refractivity contribution in [1.82, 2.24) is 9.80 Å². The molecule has 6 nitrogen and oxygen atoms in total. The third-order valence-corrected chi connectivity index (χ3v) is 4.85. The molecule has 1 aromatic rings. The highest BCUT2D eigenvalue weighted by molar-refractivity contribution is 5.94. The summed E-state index contributed by atoms with van der Waals surface area (Å²) in [5.41, 5.74) is 0.448. The van der Waals surface area contributed by atoms with Crippen LogP contribution in [0.4, 0.5) is 10.1 Å². The van der Waals surface area contributed by atoms with Gasteiger partial charge in [0, 0.05) is 38.5 Å². The van der Waals surface area contributed by atoms with E-state index in [9.17, 15) is 14.0 Å². The first-order valence-corrected chi connectivity index (χ1v) is 8.75. The number of piperazine rings is 1. The van der Waals surface area contributed by atoms with Crippen molar-refractivity contribution in [3.63, 3.8) is 0 Å². The minimum Gasteiger partial charge on any atom is -0.368 e. The molecule has 1 N–H and O–H groups in total. The number of rotatable bonds is 4. The third-order valence-electron chi connectivity index (χ3n) is 4.85. The number of nitrogens with one attached hydrogen (secondary N) is 1. The number of carbonyl (C=O) groups is 2. The van der Waals surface area contributed by atoms with Crippen LogP contribution in [0.1, 0.15) is 19.8 Å². The molecule has 3 rings (SSSR count). The predicted octanol–water partition coefficient (Wildman–Crippen LogP) is 1.48. The average molecular weight is 349 g/mol. The Kier molecular flexibility index (Phi) is 5.65. The fraction of sp³-hybridized carbons (Fsp3) is 0.556. The van der Waals surface area contributed by atoms with Crippen LogP contribution in [0.15, 0.2) is 24.3 Å². The van der Waals surface area contributed by atoms with Gasteiger partial charge in [0.1, 0.15) is 11.9 Å². The van der Waals surface area contributed by atoms with Gasteiger partial charge in [0.2, 0.25) is 5.91 Å². The molecule has 0 unspecified atom stereocenters. The topological polar surface area (TPSA) is 61.9 Å². The normalized spacial score (nSPS) is 22.6. The molecule has 2 aliphatic heterocycles. The molecule has 2 saturated heterocycles. The first-order chi connectivity index (χ1) is 12.0. The van der Waals surface area contributed by atoms with E-state index in [4.69, 9.17) is 4.74 Å². The Labute approximate surface area is 146 Å². The SMILES string of the molecule is C[C@@H](C(=O)Nc1cccc(F)c1)N1CCN(C(=O)[C@H]2CCCO2)CC1. The molecule has 1 aromatic carbocycles. The van der Waals surface area contributed by atoms with Gasteiger partial charge in [0.15, 0.2) is 0 Å². The molecule has 0 aliphatic carbocycles. The van der Waals surface area contributed by atoms with E-state index in [1.54, 1.807) is 12.1 Å². The lowest BCUT2D eigenvalue weighted by Crippen LogP contribution is -2.55. The van der Waals surface area contributed by atoms with E-state index in [1.807, 2.05) is 16.7 Å². The molecule has 2 aliphatic rings. The number of nitrogens with zero attached hydrogens (tertiary/aromatic N) is 2. The van der Waals surface area contributed by atoms with E-state index in [-0.39, 0.29) is 29.8 Å². The second kappa shape index (κ2) is 7.93. The summed E-state index contributed by atoms with van der Waals surface area (Å²) in [6.45, 7) is 4.94. The molecule has 25 heavy (non-hydrogen) atoms. The number of anilines is 1. The highest BCUT2D eigenvalue weighted by atomic mass is 19.1. The van der Waals surface area contributed by atoms with Gasteiger partial charge < -0.3 is 15.0 Å². The molecule has 136 valence electrons. The van der Waals surface area contributed by atoms with Crippen LogP contribution in [-0.2, 0) is 14.3 Å². The average Bonchev–Trinajstić information content (AvgIpc) is 3.15. The number of carbonyl (C=O) groups excluding carboxylic acids is 2. The zero-order valence-corrected chi connectivity index (χ0v) is 14.4. The quantitative estimate of drug-likeness (QED) is 0.894. The third kappa shape index (κ3) is 4.35. The molecule has 0 aromatic heterocycles. The van der Waals surface area contributed by atoms with Crippen molar-refractivity contribution < 1.29 is 18.7 Å². The molecule has 0 radical (unpaired) electrons. The van der Waals surface area contributed by atoms with E-state index in [0.29, 0.717) is 38.5 Å². The second-order valence-corrected chi connectivity index (χ2v) is 6.54. The minimum atomic E-state index is -0.383. The first kappa shape index (κ1) is 17.8. The zero-order valence-electron chi connectivity index (χ0n) is 14.4. The summed E-state index contributed by atoms with van der Waals surface area (Å²) in [5, 5.41) is 2.74. The molecule has 2 fully saturated rings. The van der Waals surface area contributed by atoms with E-state index in [0.717, 1.165) is 12.8 Å². The molecule has 2 amide bonds. The lowest BCUT2D eigenvalue weighted by Gasteiger charge is -2.38. The van der Waals surface area contributed by atoms with E-state index in [2.05, 4.69) is 5.32 Å². The molecule has 2 atom stereocenters.